The minimum atomic E-state index is -7.22. The van der Waals surface area contributed by atoms with Crippen molar-refractivity contribution < 1.29 is 123 Å². The van der Waals surface area contributed by atoms with E-state index in [0.29, 0.717) is 0 Å². The van der Waals surface area contributed by atoms with Crippen molar-refractivity contribution in [1.29, 1.82) is 0 Å². The van der Waals surface area contributed by atoms with Crippen molar-refractivity contribution in [3.8, 4) is 11.3 Å². The molecule has 28 heteroatoms. The second-order valence-electron chi connectivity index (χ2n) is 27.9. The first kappa shape index (κ1) is 87.8. The molecule has 123 heavy (non-hydrogen) atoms. The number of ketones is 1. The van der Waals surface area contributed by atoms with Crippen LogP contribution in [-0.2, 0) is 24.9 Å². The number of allylic oxidation sites excluding steroid dienone is 2. The predicted molar refractivity (Wildman–Crippen MR) is 436 cm³/mol. The zero-order valence-corrected chi connectivity index (χ0v) is 67.4. The van der Waals surface area contributed by atoms with Crippen LogP contribution in [0.2, 0.25) is 0 Å². The Hall–Kier alpha value is -13.0. The molecule has 2 N–H and O–H groups in total. The number of anilines is 3. The number of nitrogens with one attached hydrogen (secondary N) is 1. The molecule has 0 amide bonds. The molecule has 17 aromatic rings. The molecule has 0 unspecified atom stereocenters. The number of aryl methyl sites for hydroxylation is 1. The molecule has 0 saturated carbocycles. The van der Waals surface area contributed by atoms with Gasteiger partial charge in [-0.1, -0.05) is 161 Å². The fourth-order valence-corrected chi connectivity index (χ4v) is 15.7. The summed E-state index contributed by atoms with van der Waals surface area (Å²) in [5.74, 6) is -71.5. The summed E-state index contributed by atoms with van der Waals surface area (Å²) in [6.07, 6.45) is -4.24. The summed E-state index contributed by atoms with van der Waals surface area (Å²) >= 11 is 3.69. The van der Waals surface area contributed by atoms with Crippen LogP contribution in [0, 0.1) is 129 Å². The minimum Gasteiger partial charge on any atom is -0.512 e. The summed E-state index contributed by atoms with van der Waals surface area (Å²) < 4.78 is 295. The number of hydrogen-bond acceptors (Lipinski definition) is 4. The van der Waals surface area contributed by atoms with E-state index in [1.165, 1.54) is 112 Å². The Balaban J connectivity index is 0.000000174. The monoisotopic (exact) mass is 1930 g/mol. The first-order valence-electron chi connectivity index (χ1n) is 36.7. The van der Waals surface area contributed by atoms with Crippen molar-refractivity contribution in [3.05, 3.63) is 399 Å². The number of aromatic nitrogens is 1. The first-order valence-corrected chi connectivity index (χ1v) is 37.4. The number of carbonyl (C=O) groups excluding carboxylic acids is 1. The van der Waals surface area contributed by atoms with Gasteiger partial charge in [0.25, 0.3) is 0 Å². The maximum Gasteiger partial charge on any atom is 0.200 e. The number of hydrogen-bond donors (Lipinski definition) is 2. The predicted octanol–water partition coefficient (Wildman–Crippen LogP) is 24.8. The second kappa shape index (κ2) is 36.0. The number of pyridine rings is 1. The molecule has 0 aliphatic rings. The van der Waals surface area contributed by atoms with E-state index >= 15 is 35.1 Å². The van der Waals surface area contributed by atoms with E-state index in [2.05, 4.69) is 257 Å². The Labute approximate surface area is 708 Å². The van der Waals surface area contributed by atoms with E-state index in [0.717, 1.165) is 32.8 Å². The number of quaternary nitrogens is 1. The fourth-order valence-electron chi connectivity index (χ4n) is 15.5. The molecule has 1 radical (unpaired) electrons. The van der Waals surface area contributed by atoms with E-state index in [4.69, 9.17) is 5.11 Å². The molecular weight excluding hydrogens is 1880 g/mol. The molecule has 0 spiro atoms. The number of halogens is 21. The van der Waals surface area contributed by atoms with Gasteiger partial charge in [-0.05, 0) is 136 Å². The summed E-state index contributed by atoms with van der Waals surface area (Å²) in [5.41, 5.74) is -4.13. The molecular formula is C95H54BBrF20IrN3O2-. The maximum absolute atomic E-state index is 15.4. The molecule has 1 heterocycles. The molecule has 17 rings (SSSR count). The van der Waals surface area contributed by atoms with Gasteiger partial charge in [0.15, 0.2) is 75.6 Å². The molecule has 621 valence electrons. The van der Waals surface area contributed by atoms with Gasteiger partial charge in [-0.3, -0.25) is 4.79 Å². The summed E-state index contributed by atoms with van der Waals surface area (Å²) in [5, 5.41) is 23.3. The van der Waals surface area contributed by atoms with Crippen LogP contribution in [0.5, 0.6) is 0 Å². The van der Waals surface area contributed by atoms with Gasteiger partial charge >= 0.3 is 0 Å². The molecule has 16 aromatic carbocycles. The Morgan fingerprint density at radius 2 is 0.683 bits per heavy atom. The van der Waals surface area contributed by atoms with Gasteiger partial charge in [-0.2, -0.15) is 0 Å². The van der Waals surface area contributed by atoms with Crippen molar-refractivity contribution in [2.24, 2.45) is 0 Å². The van der Waals surface area contributed by atoms with Crippen molar-refractivity contribution in [2.75, 3.05) is 4.90 Å². The van der Waals surface area contributed by atoms with Crippen LogP contribution in [0.3, 0.4) is 0 Å². The van der Waals surface area contributed by atoms with Crippen molar-refractivity contribution in [1.82, 2.24) is 4.98 Å². The zero-order chi connectivity index (χ0) is 87.2. The number of nitrogens with zero attached hydrogens (tertiary/aromatic N) is 2. The van der Waals surface area contributed by atoms with Gasteiger partial charge in [0.1, 0.15) is 69.7 Å². The van der Waals surface area contributed by atoms with Crippen molar-refractivity contribution in [2.45, 2.75) is 20.8 Å². The summed E-state index contributed by atoms with van der Waals surface area (Å²) in [6.45, 7) is 4.91. The fraction of sp³-hybridized carbons (Fsp3) is 0.0316. The number of carbonyl (C=O) groups is 1. The van der Waals surface area contributed by atoms with E-state index < -0.39 is 144 Å². The average Bonchev–Trinajstić information content (AvgIpc) is 0.678. The third-order valence-electron chi connectivity index (χ3n) is 20.7. The van der Waals surface area contributed by atoms with E-state index in [1.54, 1.807) is 0 Å². The Kier molecular flexibility index (Phi) is 25.7. The second-order valence-corrected chi connectivity index (χ2v) is 28.8. The Morgan fingerprint density at radius 1 is 0.374 bits per heavy atom. The number of aliphatic hydroxyl groups is 1. The third kappa shape index (κ3) is 15.9. The normalized spacial score (nSPS) is 11.5. The molecule has 0 aliphatic carbocycles. The summed E-state index contributed by atoms with van der Waals surface area (Å²) in [4.78, 5) is 18.0. The SMILES string of the molecule is Brc1ccc(N(c2ccc([NH+](c3cc4ccccc4c4ccccc34)c3cc4ccccc4c4ccccc34)cc2)c2cc3ccccc3c3ccccc23)cc1.CC(=O)C=C(C)O.Cc1cccnc1-c1[c-]cccc1.Fc1c(F)c(F)c([B-](c2c(F)c(F)c(F)c(F)c2F)(c2c(F)c(F)c(F)c(F)c2F)c2c(F)c(F)c(F)c(F)c2F)c(F)c1F.[Ir]. The van der Waals surface area contributed by atoms with E-state index in [9.17, 15) is 57.5 Å². The van der Waals surface area contributed by atoms with Crippen LogP contribution >= 0.6 is 15.9 Å². The molecule has 0 aliphatic heterocycles. The molecule has 0 fully saturated rings. The molecule has 0 saturated heterocycles. The van der Waals surface area contributed by atoms with E-state index in [-0.39, 0.29) is 31.6 Å². The number of benzene rings is 16. The zero-order valence-electron chi connectivity index (χ0n) is 63.4. The largest absolute Gasteiger partial charge is 0.512 e. The van der Waals surface area contributed by atoms with Gasteiger partial charge in [0.2, 0.25) is 0 Å². The first-order chi connectivity index (χ1) is 58.4. The Bertz CT molecular complexity index is 6570. The number of fused-ring (bicyclic) bond motifs is 9. The minimum absolute atomic E-state index is 0. The van der Waals surface area contributed by atoms with Crippen LogP contribution in [0.4, 0.5) is 122 Å². The van der Waals surface area contributed by atoms with Crippen LogP contribution in [0.25, 0.3) is 75.9 Å². The van der Waals surface area contributed by atoms with Crippen LogP contribution < -0.4 is 31.7 Å². The third-order valence-corrected chi connectivity index (χ3v) is 21.2. The van der Waals surface area contributed by atoms with Gasteiger partial charge < -0.3 is 15.0 Å². The molecule has 1 aromatic heterocycles. The van der Waals surface area contributed by atoms with Gasteiger partial charge in [-0.15, -0.1) is 57.7 Å². The number of rotatable bonds is 12. The van der Waals surface area contributed by atoms with Crippen LogP contribution in [0.1, 0.15) is 19.4 Å². The smallest absolute Gasteiger partial charge is 0.200 e. The van der Waals surface area contributed by atoms with Gasteiger partial charge in [0, 0.05) is 88.6 Å². The maximum atomic E-state index is 15.4. The average molecular weight is 1930 g/mol. The molecule has 5 nitrogen and oxygen atoms in total. The van der Waals surface area contributed by atoms with Gasteiger partial charge in [0.05, 0.1) is 11.4 Å². The van der Waals surface area contributed by atoms with Crippen LogP contribution in [-0.4, -0.2) is 22.0 Å². The quantitative estimate of drug-likeness (QED) is 0.0187. The topological polar surface area (TPSA) is 57.9 Å². The van der Waals surface area contributed by atoms with E-state index in [1.807, 2.05) is 36.5 Å². The van der Waals surface area contributed by atoms with Crippen molar-refractivity contribution >= 4 is 148 Å². The summed E-state index contributed by atoms with van der Waals surface area (Å²) in [7, 11) is 0. The molecule has 0 atom stereocenters. The molecule has 0 bridgehead atoms. The number of aliphatic hydroxyl groups excluding tert-OH is 1. The van der Waals surface area contributed by atoms with Crippen LogP contribution in [0.15, 0.2) is 271 Å². The van der Waals surface area contributed by atoms with Crippen molar-refractivity contribution in [3.63, 3.8) is 0 Å². The standard InChI is InChI=1S/C54H35BrN2.C24BF20.C12H10N.C5H8O2.Ir/c55-39-25-27-40(28-26-39)56(52-33-36-13-1-4-16-43(36)46-19-7-10-22-49(46)52)41-29-31-42(32-30-41)57(53-34-37-14-2-5-17-44(37)47-20-8-11-23-50(47)53)54-35-38-15-3-6-18-45(38)48-21-9-12-24-51(48)54;26-5-1(6(27)14(35)21(42)13(5)34)25(2-7(28)15(36)22(43)16(37)8(2)29,3-9(30)17(38)23(44)18(39)10(3)31)4-11(32)19(40)24(45)20(41)12(4)33;1-10-6-5-9-13-12(10)11-7-3-2-4-8-11;1-4(6)3-5(2)7;/h1-35H;;2-7,9H,1H3;3,6H,1-2H3;/q;2*-1;;/p+1. The summed E-state index contributed by atoms with van der Waals surface area (Å²) in [6, 6.07) is 92.9. The Morgan fingerprint density at radius 3 is 1.02 bits per heavy atom. The van der Waals surface area contributed by atoms with Gasteiger partial charge in [-0.25, -0.2) is 92.7 Å².